The first kappa shape index (κ1) is 24.6. The van der Waals surface area contributed by atoms with Crippen molar-refractivity contribution in [3.8, 4) is 5.75 Å². The van der Waals surface area contributed by atoms with E-state index in [1.165, 1.54) is 0 Å². The van der Waals surface area contributed by atoms with Crippen molar-refractivity contribution in [3.05, 3.63) is 24.3 Å². The predicted molar refractivity (Wildman–Crippen MR) is 115 cm³/mol. The second kappa shape index (κ2) is 11.7. The van der Waals surface area contributed by atoms with E-state index >= 15 is 0 Å². The molecular weight excluding hydrogens is 402 g/mol. The molecule has 1 unspecified atom stereocenters. The van der Waals surface area contributed by atoms with E-state index in [2.05, 4.69) is 0 Å². The molecule has 0 aliphatic carbocycles. The third-order valence-electron chi connectivity index (χ3n) is 5.34. The summed E-state index contributed by atoms with van der Waals surface area (Å²) in [6.45, 7) is 2.01. The lowest BCUT2D eigenvalue weighted by Crippen LogP contribution is -2.57. The van der Waals surface area contributed by atoms with Crippen molar-refractivity contribution in [2.45, 2.75) is 57.6 Å². The maximum Gasteiger partial charge on any atom is 0.323 e. The molecule has 2 atom stereocenters. The molecule has 1 aliphatic heterocycles. The highest BCUT2D eigenvalue weighted by atomic mass is 16.5. The number of carbonyl (C=O) groups excluding carboxylic acids is 2. The van der Waals surface area contributed by atoms with E-state index in [0.29, 0.717) is 25.1 Å². The minimum Gasteiger partial charge on any atom is -0.480 e. The van der Waals surface area contributed by atoms with Crippen molar-refractivity contribution in [3.63, 3.8) is 0 Å². The average Bonchev–Trinajstić information content (AvgIpc) is 2.81. The SMILES string of the molecule is CCOC(=O)C(CCCCCCCN)[C@]1(N)CC(=O)N(CC(=O)O)c2ccccc2O1. The molecule has 1 aromatic rings. The monoisotopic (exact) mass is 435 g/mol. The number of hydrogen-bond acceptors (Lipinski definition) is 7. The highest BCUT2D eigenvalue weighted by Gasteiger charge is 2.47. The average molecular weight is 436 g/mol. The van der Waals surface area contributed by atoms with Gasteiger partial charge in [0.05, 0.1) is 18.7 Å². The van der Waals surface area contributed by atoms with Gasteiger partial charge in [-0.2, -0.15) is 0 Å². The lowest BCUT2D eigenvalue weighted by atomic mass is 9.87. The molecule has 0 bridgehead atoms. The molecule has 5 N–H and O–H groups in total. The van der Waals surface area contributed by atoms with Crippen molar-refractivity contribution in [2.24, 2.45) is 17.4 Å². The highest BCUT2D eigenvalue weighted by molar-refractivity contribution is 6.00. The van der Waals surface area contributed by atoms with Gasteiger partial charge in [-0.15, -0.1) is 0 Å². The third kappa shape index (κ3) is 6.67. The normalized spacial score (nSPS) is 19.2. The van der Waals surface area contributed by atoms with Gasteiger partial charge >= 0.3 is 11.9 Å². The van der Waals surface area contributed by atoms with Crippen molar-refractivity contribution in [1.82, 2.24) is 0 Å². The number of amides is 1. The summed E-state index contributed by atoms with van der Waals surface area (Å²) in [5, 5.41) is 9.26. The quantitative estimate of drug-likeness (QED) is 0.334. The first-order chi connectivity index (χ1) is 14.8. The van der Waals surface area contributed by atoms with Gasteiger partial charge in [-0.1, -0.05) is 37.8 Å². The summed E-state index contributed by atoms with van der Waals surface area (Å²) in [7, 11) is 0. The van der Waals surface area contributed by atoms with E-state index in [1.54, 1.807) is 31.2 Å². The Balaban J connectivity index is 2.28. The Labute approximate surface area is 182 Å². The number of anilines is 1. The van der Waals surface area contributed by atoms with Gasteiger partial charge in [-0.3, -0.25) is 25.0 Å². The van der Waals surface area contributed by atoms with Gasteiger partial charge in [0.1, 0.15) is 18.2 Å². The second-order valence-electron chi connectivity index (χ2n) is 7.72. The van der Waals surface area contributed by atoms with Gasteiger partial charge in [-0.05, 0) is 38.4 Å². The molecule has 2 rings (SSSR count). The maximum atomic E-state index is 13.0. The number of unbranched alkanes of at least 4 members (excludes halogenated alkanes) is 4. The zero-order chi connectivity index (χ0) is 22.9. The Hall–Kier alpha value is -2.65. The van der Waals surface area contributed by atoms with Crippen LogP contribution in [0.5, 0.6) is 5.75 Å². The smallest absolute Gasteiger partial charge is 0.323 e. The molecule has 31 heavy (non-hydrogen) atoms. The Morgan fingerprint density at radius 1 is 1.23 bits per heavy atom. The number of hydrogen-bond donors (Lipinski definition) is 3. The van der Waals surface area contributed by atoms with E-state index < -0.39 is 36.0 Å². The number of para-hydroxylation sites is 2. The number of nitrogens with zero attached hydrogens (tertiary/aromatic N) is 1. The van der Waals surface area contributed by atoms with Gasteiger partial charge in [-0.25, -0.2) is 0 Å². The molecule has 9 heteroatoms. The fraction of sp³-hybridized carbons (Fsp3) is 0.591. The topological polar surface area (TPSA) is 145 Å². The Morgan fingerprint density at radius 3 is 2.58 bits per heavy atom. The molecule has 0 spiro atoms. The van der Waals surface area contributed by atoms with Gasteiger partial charge in [0.2, 0.25) is 5.91 Å². The van der Waals surface area contributed by atoms with Crippen LogP contribution < -0.4 is 21.1 Å². The summed E-state index contributed by atoms with van der Waals surface area (Å²) in [5.74, 6) is -2.82. The van der Waals surface area contributed by atoms with Crippen LogP contribution in [0.4, 0.5) is 5.69 Å². The van der Waals surface area contributed by atoms with Crippen LogP contribution in [-0.2, 0) is 19.1 Å². The van der Waals surface area contributed by atoms with E-state index in [4.69, 9.17) is 20.9 Å². The number of aliphatic carboxylic acids is 1. The lowest BCUT2D eigenvalue weighted by molar-refractivity contribution is -0.158. The molecule has 0 aromatic heterocycles. The zero-order valence-electron chi connectivity index (χ0n) is 18.0. The van der Waals surface area contributed by atoms with Crippen LogP contribution in [0.15, 0.2) is 24.3 Å². The van der Waals surface area contributed by atoms with Crippen LogP contribution in [0, 0.1) is 5.92 Å². The number of carboxylic acid groups (broad SMARTS) is 1. The molecule has 9 nitrogen and oxygen atoms in total. The summed E-state index contributed by atoms with van der Waals surface area (Å²) >= 11 is 0. The largest absolute Gasteiger partial charge is 0.480 e. The summed E-state index contributed by atoms with van der Waals surface area (Å²) in [5.41, 5.74) is 10.7. The third-order valence-corrected chi connectivity index (χ3v) is 5.34. The number of carbonyl (C=O) groups is 3. The summed E-state index contributed by atoms with van der Waals surface area (Å²) in [6.07, 6.45) is 4.61. The van der Waals surface area contributed by atoms with Crippen LogP contribution in [0.1, 0.15) is 51.9 Å². The fourth-order valence-corrected chi connectivity index (χ4v) is 3.80. The predicted octanol–water partition coefficient (Wildman–Crippen LogP) is 2.02. The van der Waals surface area contributed by atoms with Crippen molar-refractivity contribution >= 4 is 23.5 Å². The molecule has 0 saturated heterocycles. The van der Waals surface area contributed by atoms with Gasteiger partial charge in [0.25, 0.3) is 0 Å². The van der Waals surface area contributed by atoms with E-state index in [1.807, 2.05) is 0 Å². The number of esters is 1. The second-order valence-corrected chi connectivity index (χ2v) is 7.72. The van der Waals surface area contributed by atoms with Crippen molar-refractivity contribution < 1.29 is 29.0 Å². The number of ether oxygens (including phenoxy) is 2. The van der Waals surface area contributed by atoms with E-state index in [0.717, 1.165) is 30.6 Å². The highest BCUT2D eigenvalue weighted by Crippen LogP contribution is 2.39. The van der Waals surface area contributed by atoms with Crippen LogP contribution in [0.25, 0.3) is 0 Å². The van der Waals surface area contributed by atoms with Crippen LogP contribution >= 0.6 is 0 Å². The fourth-order valence-electron chi connectivity index (χ4n) is 3.80. The molecule has 1 heterocycles. The van der Waals surface area contributed by atoms with Crippen LogP contribution in [0.2, 0.25) is 0 Å². The first-order valence-electron chi connectivity index (χ1n) is 10.8. The van der Waals surface area contributed by atoms with Gasteiger partial charge in [0, 0.05) is 0 Å². The standard InChI is InChI=1S/C22H33N3O6/c1-2-30-21(29)16(10-6-4-3-5-9-13-23)22(24)14-19(26)25(15-20(27)28)17-11-7-8-12-18(17)31-22/h7-8,11-12,16H,2-6,9-10,13-15,23-24H2,1H3,(H,27,28)/t16?,22-/m0/s1. The lowest BCUT2D eigenvalue weighted by Gasteiger charge is -2.34. The number of rotatable bonds is 12. The summed E-state index contributed by atoms with van der Waals surface area (Å²) < 4.78 is 11.3. The Kier molecular flexibility index (Phi) is 9.26. The Morgan fingerprint density at radius 2 is 1.90 bits per heavy atom. The number of nitrogens with two attached hydrogens (primary N) is 2. The summed E-state index contributed by atoms with van der Waals surface area (Å²) in [6, 6.07) is 6.58. The maximum absolute atomic E-state index is 13.0. The Bertz CT molecular complexity index is 771. The number of fused-ring (bicyclic) bond motifs is 1. The van der Waals surface area contributed by atoms with E-state index in [-0.39, 0.29) is 18.8 Å². The molecule has 172 valence electrons. The molecule has 0 radical (unpaired) electrons. The van der Waals surface area contributed by atoms with Crippen molar-refractivity contribution in [1.29, 1.82) is 0 Å². The molecule has 1 aliphatic rings. The first-order valence-corrected chi connectivity index (χ1v) is 10.8. The minimum absolute atomic E-state index is 0.178. The molecule has 0 saturated carbocycles. The molecule has 0 fully saturated rings. The molecule has 1 aromatic carbocycles. The van der Waals surface area contributed by atoms with Crippen LogP contribution in [0.3, 0.4) is 0 Å². The minimum atomic E-state index is -1.65. The molecule has 1 amide bonds. The van der Waals surface area contributed by atoms with Crippen LogP contribution in [-0.4, -0.2) is 48.4 Å². The number of benzene rings is 1. The molecular formula is C22H33N3O6. The van der Waals surface area contributed by atoms with Gasteiger partial charge < -0.3 is 20.3 Å². The summed E-state index contributed by atoms with van der Waals surface area (Å²) in [4.78, 5) is 38.2. The zero-order valence-corrected chi connectivity index (χ0v) is 18.0. The van der Waals surface area contributed by atoms with E-state index in [9.17, 15) is 19.5 Å². The van der Waals surface area contributed by atoms with Gasteiger partial charge in [0.15, 0.2) is 5.72 Å². The number of carboxylic acids is 1. The van der Waals surface area contributed by atoms with Crippen molar-refractivity contribution in [2.75, 3.05) is 24.6 Å².